The maximum absolute atomic E-state index is 13.8. The van der Waals surface area contributed by atoms with Gasteiger partial charge in [0.05, 0.1) is 17.8 Å². The summed E-state index contributed by atoms with van der Waals surface area (Å²) in [5.41, 5.74) is 0.986. The molecule has 188 valence electrons. The number of hydrogen-bond donors (Lipinski definition) is 3. The standard InChI is InChI=1S/C25H33N5O5/c1-25(2,3)22(30-12-17(27-28-30)14-8-9-14)24(34)29-11-15(31)10-19(29)23(33)26-18-13-35-20-7-5-4-6-16(20)21(18)32/h4-7,12,14-15,18-19,21-22,31-32H,8-11,13H2,1-3H3,(H,26,33)/t15-,18?,19+,21?,22-/m1/s1. The van der Waals surface area contributed by atoms with Gasteiger partial charge in [0, 0.05) is 30.6 Å². The smallest absolute Gasteiger partial charge is 0.248 e. The molecule has 3 aliphatic rings. The van der Waals surface area contributed by atoms with E-state index in [1.54, 1.807) is 22.9 Å². The fraction of sp³-hybridized carbons (Fsp3) is 0.600. The van der Waals surface area contributed by atoms with Crippen LogP contribution in [0.15, 0.2) is 30.5 Å². The van der Waals surface area contributed by atoms with Crippen molar-refractivity contribution < 1.29 is 24.5 Å². The summed E-state index contributed by atoms with van der Waals surface area (Å²) in [6.07, 6.45) is 2.36. The van der Waals surface area contributed by atoms with Crippen molar-refractivity contribution in [1.29, 1.82) is 0 Å². The van der Waals surface area contributed by atoms with Crippen molar-refractivity contribution in [2.45, 2.75) is 76.3 Å². The van der Waals surface area contributed by atoms with Crippen molar-refractivity contribution in [3.63, 3.8) is 0 Å². The van der Waals surface area contributed by atoms with Crippen LogP contribution in [0.3, 0.4) is 0 Å². The van der Waals surface area contributed by atoms with Gasteiger partial charge in [-0.1, -0.05) is 44.2 Å². The number of nitrogens with one attached hydrogen (secondary N) is 1. The third kappa shape index (κ3) is 4.64. The molecule has 1 aromatic carbocycles. The van der Waals surface area contributed by atoms with E-state index >= 15 is 0 Å². The number of carbonyl (C=O) groups is 2. The van der Waals surface area contributed by atoms with Crippen LogP contribution in [-0.4, -0.2) is 73.3 Å². The van der Waals surface area contributed by atoms with Crippen LogP contribution in [0.4, 0.5) is 0 Å². The third-order valence-corrected chi connectivity index (χ3v) is 7.07. The summed E-state index contributed by atoms with van der Waals surface area (Å²) < 4.78 is 7.31. The molecule has 35 heavy (non-hydrogen) atoms. The summed E-state index contributed by atoms with van der Waals surface area (Å²) in [6, 6.07) is 4.95. The summed E-state index contributed by atoms with van der Waals surface area (Å²) in [6.45, 7) is 6.01. The minimum atomic E-state index is -0.933. The fourth-order valence-electron chi connectivity index (χ4n) is 5.07. The van der Waals surface area contributed by atoms with Crippen LogP contribution in [0.25, 0.3) is 0 Å². The van der Waals surface area contributed by atoms with Crippen LogP contribution >= 0.6 is 0 Å². The van der Waals surface area contributed by atoms with Crippen molar-refractivity contribution in [3.8, 4) is 5.75 Å². The Balaban J connectivity index is 1.34. The summed E-state index contributed by atoms with van der Waals surface area (Å²) in [5, 5.41) is 32.6. The second-order valence-corrected chi connectivity index (χ2v) is 11.0. The normalized spacial score (nSPS) is 27.2. The van der Waals surface area contributed by atoms with Gasteiger partial charge in [0.1, 0.15) is 30.5 Å². The molecule has 5 rings (SSSR count). The highest BCUT2D eigenvalue weighted by Gasteiger charge is 2.46. The topological polar surface area (TPSA) is 130 Å². The summed E-state index contributed by atoms with van der Waals surface area (Å²) >= 11 is 0. The Bertz CT molecular complexity index is 1110. The molecule has 2 aromatic rings. The number of amides is 2. The van der Waals surface area contributed by atoms with E-state index in [0.717, 1.165) is 18.5 Å². The number of rotatable bonds is 5. The number of β-amino-alcohol motifs (C(OH)–C–C–N with tert-alkyl or cyclic N) is 1. The van der Waals surface area contributed by atoms with E-state index in [9.17, 15) is 19.8 Å². The van der Waals surface area contributed by atoms with Gasteiger partial charge in [-0.3, -0.25) is 9.59 Å². The van der Waals surface area contributed by atoms with Gasteiger partial charge in [-0.25, -0.2) is 4.68 Å². The Hall–Kier alpha value is -2.98. The van der Waals surface area contributed by atoms with Gasteiger partial charge in [-0.2, -0.15) is 0 Å². The lowest BCUT2D eigenvalue weighted by Crippen LogP contribution is -2.54. The number of nitrogens with zero attached hydrogens (tertiary/aromatic N) is 4. The van der Waals surface area contributed by atoms with E-state index in [-0.39, 0.29) is 25.5 Å². The first-order chi connectivity index (χ1) is 16.6. The summed E-state index contributed by atoms with van der Waals surface area (Å²) in [5.74, 6) is 0.282. The molecule has 2 unspecified atom stereocenters. The predicted octanol–water partition coefficient (Wildman–Crippen LogP) is 1.32. The maximum Gasteiger partial charge on any atom is 0.248 e. The number of benzene rings is 1. The first-order valence-electron chi connectivity index (χ1n) is 12.2. The highest BCUT2D eigenvalue weighted by Crippen LogP contribution is 2.40. The van der Waals surface area contributed by atoms with Crippen LogP contribution in [0, 0.1) is 5.41 Å². The SMILES string of the molecule is CC(C)(C)[C@@H](C(=O)N1C[C@H](O)C[C@H]1C(=O)NC1COc2ccccc2C1O)n1cc(C2CC2)nn1. The zero-order valence-electron chi connectivity index (χ0n) is 20.3. The number of aliphatic hydroxyl groups is 2. The number of hydrogen-bond acceptors (Lipinski definition) is 7. The molecule has 0 radical (unpaired) electrons. The quantitative estimate of drug-likeness (QED) is 0.585. The number of para-hydroxylation sites is 1. The molecule has 10 nitrogen and oxygen atoms in total. The minimum absolute atomic E-state index is 0.0558. The van der Waals surface area contributed by atoms with Crippen molar-refractivity contribution in [1.82, 2.24) is 25.2 Å². The molecule has 5 atom stereocenters. The number of carbonyl (C=O) groups excluding carboxylic acids is 2. The number of aromatic nitrogens is 3. The van der Waals surface area contributed by atoms with Crippen LogP contribution in [0.2, 0.25) is 0 Å². The second-order valence-electron chi connectivity index (χ2n) is 11.0. The first kappa shape index (κ1) is 23.7. The van der Waals surface area contributed by atoms with Gasteiger partial charge in [0.15, 0.2) is 0 Å². The van der Waals surface area contributed by atoms with Crippen LogP contribution in [0.5, 0.6) is 5.75 Å². The molecule has 3 heterocycles. The first-order valence-corrected chi connectivity index (χ1v) is 12.2. The fourth-order valence-corrected chi connectivity index (χ4v) is 5.07. The Morgan fingerprint density at radius 1 is 1.20 bits per heavy atom. The molecule has 1 saturated carbocycles. The van der Waals surface area contributed by atoms with Gasteiger partial charge >= 0.3 is 0 Å². The monoisotopic (exact) mass is 483 g/mol. The molecule has 2 amide bonds. The Kier molecular flexibility index (Phi) is 6.04. The van der Waals surface area contributed by atoms with Crippen molar-refractivity contribution in [2.24, 2.45) is 5.41 Å². The Morgan fingerprint density at radius 3 is 2.66 bits per heavy atom. The molecule has 2 fully saturated rings. The Morgan fingerprint density at radius 2 is 1.94 bits per heavy atom. The molecule has 10 heteroatoms. The van der Waals surface area contributed by atoms with Gasteiger partial charge in [-0.05, 0) is 24.3 Å². The second kappa shape index (κ2) is 8.91. The highest BCUT2D eigenvalue weighted by atomic mass is 16.5. The molecule has 0 spiro atoms. The number of ether oxygens (including phenoxy) is 1. The Labute approximate surface area is 204 Å². The lowest BCUT2D eigenvalue weighted by molar-refractivity contribution is -0.144. The zero-order chi connectivity index (χ0) is 24.9. The molecular formula is C25H33N5O5. The third-order valence-electron chi connectivity index (χ3n) is 7.07. The van der Waals surface area contributed by atoms with E-state index in [0.29, 0.717) is 17.2 Å². The van der Waals surface area contributed by atoms with Crippen LogP contribution < -0.4 is 10.1 Å². The maximum atomic E-state index is 13.8. The van der Waals surface area contributed by atoms with Crippen LogP contribution in [-0.2, 0) is 9.59 Å². The zero-order valence-corrected chi connectivity index (χ0v) is 20.3. The lowest BCUT2D eigenvalue weighted by Gasteiger charge is -2.36. The molecule has 2 aliphatic heterocycles. The largest absolute Gasteiger partial charge is 0.491 e. The van der Waals surface area contributed by atoms with Crippen molar-refractivity contribution in [3.05, 3.63) is 41.7 Å². The molecule has 1 aliphatic carbocycles. The predicted molar refractivity (Wildman–Crippen MR) is 125 cm³/mol. The van der Waals surface area contributed by atoms with Crippen molar-refractivity contribution >= 4 is 11.8 Å². The van der Waals surface area contributed by atoms with Crippen molar-refractivity contribution in [2.75, 3.05) is 13.2 Å². The van der Waals surface area contributed by atoms with Gasteiger partial charge < -0.3 is 25.2 Å². The average Bonchev–Trinajstić information content (AvgIpc) is 3.42. The molecule has 3 N–H and O–H groups in total. The van der Waals surface area contributed by atoms with E-state index in [1.165, 1.54) is 4.90 Å². The molecule has 0 bridgehead atoms. The summed E-state index contributed by atoms with van der Waals surface area (Å²) in [7, 11) is 0. The summed E-state index contributed by atoms with van der Waals surface area (Å²) in [4.78, 5) is 28.6. The van der Waals surface area contributed by atoms with E-state index < -0.39 is 41.7 Å². The van der Waals surface area contributed by atoms with Gasteiger partial charge in [0.2, 0.25) is 11.8 Å². The van der Waals surface area contributed by atoms with E-state index in [1.807, 2.05) is 33.0 Å². The lowest BCUT2D eigenvalue weighted by atomic mass is 9.85. The van der Waals surface area contributed by atoms with E-state index in [2.05, 4.69) is 15.6 Å². The molecular weight excluding hydrogens is 450 g/mol. The van der Waals surface area contributed by atoms with E-state index in [4.69, 9.17) is 4.74 Å². The molecule has 1 aromatic heterocycles. The average molecular weight is 484 g/mol. The molecule has 1 saturated heterocycles. The number of likely N-dealkylation sites (tertiary alicyclic amines) is 1. The van der Waals surface area contributed by atoms with Gasteiger partial charge in [0.25, 0.3) is 0 Å². The highest BCUT2D eigenvalue weighted by molar-refractivity contribution is 5.90. The van der Waals surface area contributed by atoms with Crippen LogP contribution in [0.1, 0.15) is 69.4 Å². The number of fused-ring (bicyclic) bond motifs is 1. The minimum Gasteiger partial charge on any atom is -0.491 e. The number of aliphatic hydroxyl groups excluding tert-OH is 2. The van der Waals surface area contributed by atoms with Gasteiger partial charge in [-0.15, -0.1) is 5.10 Å².